The van der Waals surface area contributed by atoms with Gasteiger partial charge in [0.2, 0.25) is 0 Å². The molecule has 0 spiro atoms. The van der Waals surface area contributed by atoms with E-state index in [0.717, 1.165) is 5.56 Å². The molecule has 2 aromatic rings. The number of esters is 1. The molecule has 1 amide bonds. The summed E-state index contributed by atoms with van der Waals surface area (Å²) >= 11 is 0. The number of ether oxygens (including phenoxy) is 2. The van der Waals surface area contributed by atoms with Gasteiger partial charge in [0.1, 0.15) is 5.75 Å². The summed E-state index contributed by atoms with van der Waals surface area (Å²) in [7, 11) is 1.55. The molecule has 0 aliphatic heterocycles. The first-order valence-electron chi connectivity index (χ1n) is 8.16. The van der Waals surface area contributed by atoms with Gasteiger partial charge in [0.15, 0.2) is 6.61 Å². The fraction of sp³-hybridized carbons (Fsp3) is 0.300. The zero-order chi connectivity index (χ0) is 18.2. The number of nitrogens with zero attached hydrogens (tertiary/aromatic N) is 1. The molecule has 25 heavy (non-hydrogen) atoms. The lowest BCUT2D eigenvalue weighted by atomic mass is 10.2. The van der Waals surface area contributed by atoms with Gasteiger partial charge in [0, 0.05) is 12.6 Å². The van der Waals surface area contributed by atoms with Crippen molar-refractivity contribution in [3.8, 4) is 5.75 Å². The largest absolute Gasteiger partial charge is 0.497 e. The first-order chi connectivity index (χ1) is 12.0. The van der Waals surface area contributed by atoms with Crippen molar-refractivity contribution >= 4 is 11.9 Å². The zero-order valence-corrected chi connectivity index (χ0v) is 14.8. The van der Waals surface area contributed by atoms with Crippen LogP contribution >= 0.6 is 0 Å². The maximum absolute atomic E-state index is 12.5. The Morgan fingerprint density at radius 3 is 2.20 bits per heavy atom. The lowest BCUT2D eigenvalue weighted by molar-refractivity contribution is -0.136. The van der Waals surface area contributed by atoms with Gasteiger partial charge in [-0.15, -0.1) is 0 Å². The van der Waals surface area contributed by atoms with Gasteiger partial charge in [-0.2, -0.15) is 0 Å². The molecule has 0 heterocycles. The van der Waals surface area contributed by atoms with Crippen LogP contribution < -0.4 is 4.74 Å². The maximum atomic E-state index is 12.5. The van der Waals surface area contributed by atoms with Crippen LogP contribution in [0.5, 0.6) is 5.75 Å². The molecule has 132 valence electrons. The molecule has 5 heteroatoms. The van der Waals surface area contributed by atoms with Gasteiger partial charge in [-0.3, -0.25) is 4.79 Å². The van der Waals surface area contributed by atoms with Gasteiger partial charge in [-0.25, -0.2) is 4.79 Å². The van der Waals surface area contributed by atoms with Crippen molar-refractivity contribution in [2.75, 3.05) is 13.7 Å². The normalized spacial score (nSPS) is 10.4. The van der Waals surface area contributed by atoms with Crippen LogP contribution in [0.4, 0.5) is 0 Å². The van der Waals surface area contributed by atoms with Gasteiger partial charge in [-0.1, -0.05) is 30.3 Å². The van der Waals surface area contributed by atoms with E-state index in [1.165, 1.54) is 0 Å². The molecule has 0 bridgehead atoms. The lowest BCUT2D eigenvalue weighted by Crippen LogP contribution is -2.39. The summed E-state index contributed by atoms with van der Waals surface area (Å²) in [5, 5.41) is 0. The highest BCUT2D eigenvalue weighted by Crippen LogP contribution is 2.13. The van der Waals surface area contributed by atoms with Crippen molar-refractivity contribution in [1.82, 2.24) is 4.90 Å². The third-order valence-corrected chi connectivity index (χ3v) is 3.79. The number of methoxy groups -OCH3 is 1. The summed E-state index contributed by atoms with van der Waals surface area (Å²) in [5.74, 6) is -0.0957. The summed E-state index contributed by atoms with van der Waals surface area (Å²) in [6.07, 6.45) is 0. The molecule has 0 fully saturated rings. The zero-order valence-electron chi connectivity index (χ0n) is 14.8. The van der Waals surface area contributed by atoms with E-state index < -0.39 is 5.97 Å². The van der Waals surface area contributed by atoms with E-state index in [2.05, 4.69) is 0 Å². The van der Waals surface area contributed by atoms with E-state index in [1.807, 2.05) is 44.2 Å². The van der Waals surface area contributed by atoms with Crippen LogP contribution in [0.1, 0.15) is 29.8 Å². The highest BCUT2D eigenvalue weighted by atomic mass is 16.5. The fourth-order valence-electron chi connectivity index (χ4n) is 2.36. The second-order valence-electron chi connectivity index (χ2n) is 5.91. The molecule has 0 N–H and O–H groups in total. The maximum Gasteiger partial charge on any atom is 0.338 e. The Labute approximate surface area is 148 Å². The van der Waals surface area contributed by atoms with Crippen LogP contribution in [0, 0.1) is 0 Å². The number of amides is 1. The number of benzene rings is 2. The van der Waals surface area contributed by atoms with E-state index in [4.69, 9.17) is 9.47 Å². The number of hydrogen-bond acceptors (Lipinski definition) is 4. The number of carbonyl (C=O) groups is 2. The van der Waals surface area contributed by atoms with Gasteiger partial charge < -0.3 is 14.4 Å². The first kappa shape index (κ1) is 18.5. The Balaban J connectivity index is 1.94. The minimum absolute atomic E-state index is 0.00685. The molecule has 0 saturated carbocycles. The average molecular weight is 341 g/mol. The third kappa shape index (κ3) is 5.35. The summed E-state index contributed by atoms with van der Waals surface area (Å²) in [4.78, 5) is 26.2. The number of rotatable bonds is 7. The highest BCUT2D eigenvalue weighted by Gasteiger charge is 2.19. The fourth-order valence-corrected chi connectivity index (χ4v) is 2.36. The minimum Gasteiger partial charge on any atom is -0.497 e. The molecule has 0 atom stereocenters. The Bertz CT molecular complexity index is 695. The molecule has 0 radical (unpaired) electrons. The second-order valence-corrected chi connectivity index (χ2v) is 5.91. The average Bonchev–Trinajstić information content (AvgIpc) is 2.64. The van der Waals surface area contributed by atoms with Crippen LogP contribution in [-0.2, 0) is 16.1 Å². The van der Waals surface area contributed by atoms with E-state index in [0.29, 0.717) is 17.9 Å². The van der Waals surface area contributed by atoms with E-state index >= 15 is 0 Å². The Kier molecular flexibility index (Phi) is 6.57. The highest BCUT2D eigenvalue weighted by molar-refractivity contribution is 5.91. The molecule has 2 rings (SSSR count). The van der Waals surface area contributed by atoms with Crippen LogP contribution in [0.3, 0.4) is 0 Å². The van der Waals surface area contributed by atoms with Crippen LogP contribution in [0.25, 0.3) is 0 Å². The van der Waals surface area contributed by atoms with Gasteiger partial charge in [0.05, 0.1) is 12.7 Å². The molecule has 0 saturated heterocycles. The summed E-state index contributed by atoms with van der Waals surface area (Å²) in [5.41, 5.74) is 1.42. The van der Waals surface area contributed by atoms with E-state index in [-0.39, 0.29) is 18.6 Å². The molecule has 2 aromatic carbocycles. The monoisotopic (exact) mass is 341 g/mol. The van der Waals surface area contributed by atoms with Gasteiger partial charge >= 0.3 is 5.97 Å². The second kappa shape index (κ2) is 8.87. The van der Waals surface area contributed by atoms with Gasteiger partial charge in [0.25, 0.3) is 5.91 Å². The molecule has 0 aliphatic rings. The predicted molar refractivity (Wildman–Crippen MR) is 95.4 cm³/mol. The van der Waals surface area contributed by atoms with Crippen molar-refractivity contribution in [3.05, 3.63) is 65.7 Å². The molecule has 0 unspecified atom stereocenters. The molecule has 0 aliphatic carbocycles. The molecule has 0 aromatic heterocycles. The molecular weight excluding hydrogens is 318 g/mol. The van der Waals surface area contributed by atoms with Crippen molar-refractivity contribution in [2.24, 2.45) is 0 Å². The topological polar surface area (TPSA) is 55.8 Å². The van der Waals surface area contributed by atoms with Crippen molar-refractivity contribution in [2.45, 2.75) is 26.4 Å². The van der Waals surface area contributed by atoms with Crippen LogP contribution in [0.15, 0.2) is 54.6 Å². The first-order valence-corrected chi connectivity index (χ1v) is 8.16. The van der Waals surface area contributed by atoms with Crippen molar-refractivity contribution in [3.63, 3.8) is 0 Å². The molecule has 5 nitrogen and oxygen atoms in total. The standard InChI is InChI=1S/C20H23NO4/c1-15(2)21(13-16-7-5-4-6-8-16)19(22)14-25-20(23)17-9-11-18(24-3)12-10-17/h4-12,15H,13-14H2,1-3H3. The number of hydrogen-bond donors (Lipinski definition) is 0. The predicted octanol–water partition coefficient (Wildman–Crippen LogP) is 3.29. The summed E-state index contributed by atoms with van der Waals surface area (Å²) in [6, 6.07) is 16.3. The summed E-state index contributed by atoms with van der Waals surface area (Å²) < 4.78 is 10.2. The molecular formula is C20H23NO4. The quantitative estimate of drug-likeness (QED) is 0.725. The summed E-state index contributed by atoms with van der Waals surface area (Å²) in [6.45, 7) is 4.07. The van der Waals surface area contributed by atoms with Crippen LogP contribution in [-0.4, -0.2) is 36.5 Å². The Hall–Kier alpha value is -2.82. The van der Waals surface area contributed by atoms with Crippen molar-refractivity contribution < 1.29 is 19.1 Å². The van der Waals surface area contributed by atoms with E-state index in [1.54, 1.807) is 36.3 Å². The SMILES string of the molecule is COc1ccc(C(=O)OCC(=O)N(Cc2ccccc2)C(C)C)cc1. The number of carbonyl (C=O) groups excluding carboxylic acids is 2. The van der Waals surface area contributed by atoms with Crippen LogP contribution in [0.2, 0.25) is 0 Å². The minimum atomic E-state index is -0.528. The third-order valence-electron chi connectivity index (χ3n) is 3.79. The smallest absolute Gasteiger partial charge is 0.338 e. The van der Waals surface area contributed by atoms with E-state index in [9.17, 15) is 9.59 Å². The lowest BCUT2D eigenvalue weighted by Gasteiger charge is -2.26. The Morgan fingerprint density at radius 2 is 1.64 bits per heavy atom. The van der Waals surface area contributed by atoms with Gasteiger partial charge in [-0.05, 0) is 43.7 Å². The van der Waals surface area contributed by atoms with Crippen molar-refractivity contribution in [1.29, 1.82) is 0 Å². The Morgan fingerprint density at radius 1 is 1.00 bits per heavy atom.